The van der Waals surface area contributed by atoms with Crippen molar-refractivity contribution >= 4 is 23.2 Å². The topological polar surface area (TPSA) is 18.5 Å². The van der Waals surface area contributed by atoms with Crippen LogP contribution in [0.15, 0.2) is 42.5 Å². The Morgan fingerprint density at radius 1 is 0.955 bits per heavy atom. The summed E-state index contributed by atoms with van der Waals surface area (Å²) in [5.41, 5.74) is 2.16. The van der Waals surface area contributed by atoms with Crippen LogP contribution in [0.2, 0.25) is 10.0 Å². The van der Waals surface area contributed by atoms with E-state index in [1.165, 1.54) is 5.56 Å². The lowest BCUT2D eigenvalue weighted by Crippen LogP contribution is -2.03. The summed E-state index contributed by atoms with van der Waals surface area (Å²) in [6.45, 7) is 5.30. The van der Waals surface area contributed by atoms with Crippen LogP contribution in [0.3, 0.4) is 0 Å². The number of hydrogen-bond donors (Lipinski definition) is 0. The third-order valence-electron chi connectivity index (χ3n) is 3.38. The second-order valence-corrected chi connectivity index (χ2v) is 5.77. The predicted octanol–water partition coefficient (Wildman–Crippen LogP) is 6.06. The first-order chi connectivity index (χ1) is 10.6. The maximum Gasteiger partial charge on any atom is 0.119 e. The van der Waals surface area contributed by atoms with Crippen LogP contribution in [0.5, 0.6) is 5.75 Å². The van der Waals surface area contributed by atoms with Crippen molar-refractivity contribution in [2.75, 3.05) is 6.61 Å². The summed E-state index contributed by atoms with van der Waals surface area (Å²) in [7, 11) is 0. The summed E-state index contributed by atoms with van der Waals surface area (Å²) >= 11 is 11.9. The molecular weight excluding hydrogens is 319 g/mol. The highest BCUT2D eigenvalue weighted by molar-refractivity contribution is 6.42. The van der Waals surface area contributed by atoms with E-state index in [-0.39, 0.29) is 6.10 Å². The molecule has 0 bridgehead atoms. The Morgan fingerprint density at radius 2 is 1.68 bits per heavy atom. The van der Waals surface area contributed by atoms with E-state index in [0.717, 1.165) is 17.7 Å². The van der Waals surface area contributed by atoms with Crippen LogP contribution in [-0.2, 0) is 11.3 Å². The summed E-state index contributed by atoms with van der Waals surface area (Å²) in [6, 6.07) is 13.5. The molecule has 2 aromatic carbocycles. The number of halogens is 2. The molecule has 4 heteroatoms. The van der Waals surface area contributed by atoms with E-state index in [0.29, 0.717) is 23.3 Å². The second-order valence-electron chi connectivity index (χ2n) is 4.96. The van der Waals surface area contributed by atoms with E-state index in [2.05, 4.69) is 6.92 Å². The highest BCUT2D eigenvalue weighted by Crippen LogP contribution is 2.25. The smallest absolute Gasteiger partial charge is 0.119 e. The number of hydrogen-bond acceptors (Lipinski definition) is 2. The van der Waals surface area contributed by atoms with Crippen molar-refractivity contribution in [1.82, 2.24) is 0 Å². The van der Waals surface area contributed by atoms with Crippen LogP contribution in [0.1, 0.15) is 37.5 Å². The Labute approximate surface area is 142 Å². The molecule has 0 radical (unpaired) electrons. The number of rotatable bonds is 7. The molecule has 0 aliphatic heterocycles. The lowest BCUT2D eigenvalue weighted by molar-refractivity contribution is 0.0598. The molecule has 1 atom stereocenters. The minimum atomic E-state index is 0.147. The van der Waals surface area contributed by atoms with Crippen molar-refractivity contribution in [1.29, 1.82) is 0 Å². The quantitative estimate of drug-likeness (QED) is 0.610. The Kier molecular flexibility index (Phi) is 6.56. The van der Waals surface area contributed by atoms with Gasteiger partial charge in [-0.05, 0) is 48.7 Å². The fraction of sp³-hybridized carbons (Fsp3) is 0.333. The molecule has 0 saturated heterocycles. The van der Waals surface area contributed by atoms with Crippen LogP contribution in [0.4, 0.5) is 0 Å². The maximum absolute atomic E-state index is 6.00. The maximum atomic E-state index is 6.00. The Balaban J connectivity index is 1.97. The van der Waals surface area contributed by atoms with Gasteiger partial charge >= 0.3 is 0 Å². The molecule has 2 rings (SSSR count). The average molecular weight is 339 g/mol. The van der Waals surface area contributed by atoms with Gasteiger partial charge in [-0.2, -0.15) is 0 Å². The van der Waals surface area contributed by atoms with E-state index in [1.54, 1.807) is 6.07 Å². The van der Waals surface area contributed by atoms with Crippen LogP contribution in [-0.4, -0.2) is 6.61 Å². The summed E-state index contributed by atoms with van der Waals surface area (Å²) < 4.78 is 11.5. The standard InChI is InChI=1S/C18H20Cl2O2/c1-3-18(21-4-2)14-6-8-15(9-7-14)22-12-13-5-10-16(19)17(20)11-13/h5-11,18H,3-4,12H2,1-2H3/t18-/m0/s1. The Bertz CT molecular complexity index is 597. The third kappa shape index (κ3) is 4.64. The molecule has 2 aromatic rings. The van der Waals surface area contributed by atoms with Gasteiger partial charge in [0.05, 0.1) is 16.1 Å². The molecule has 0 saturated carbocycles. The zero-order valence-electron chi connectivity index (χ0n) is 12.8. The van der Waals surface area contributed by atoms with Crippen molar-refractivity contribution in [3.05, 3.63) is 63.6 Å². The highest BCUT2D eigenvalue weighted by Gasteiger charge is 2.08. The summed E-state index contributed by atoms with van der Waals surface area (Å²) in [6.07, 6.45) is 1.10. The van der Waals surface area contributed by atoms with Gasteiger partial charge in [-0.3, -0.25) is 0 Å². The van der Waals surface area contributed by atoms with E-state index in [9.17, 15) is 0 Å². The Hall–Kier alpha value is -1.22. The van der Waals surface area contributed by atoms with Gasteiger partial charge in [0.1, 0.15) is 12.4 Å². The van der Waals surface area contributed by atoms with Crippen LogP contribution in [0, 0.1) is 0 Å². The molecule has 0 aliphatic carbocycles. The monoisotopic (exact) mass is 338 g/mol. The van der Waals surface area contributed by atoms with Crippen LogP contribution in [0.25, 0.3) is 0 Å². The molecule has 0 heterocycles. The lowest BCUT2D eigenvalue weighted by atomic mass is 10.1. The van der Waals surface area contributed by atoms with Gasteiger partial charge in [-0.25, -0.2) is 0 Å². The first-order valence-corrected chi connectivity index (χ1v) is 8.18. The van der Waals surface area contributed by atoms with E-state index in [4.69, 9.17) is 32.7 Å². The fourth-order valence-electron chi connectivity index (χ4n) is 2.23. The predicted molar refractivity (Wildman–Crippen MR) is 91.9 cm³/mol. The molecule has 22 heavy (non-hydrogen) atoms. The fourth-order valence-corrected chi connectivity index (χ4v) is 2.55. The minimum absolute atomic E-state index is 0.147. The van der Waals surface area contributed by atoms with Crippen LogP contribution >= 0.6 is 23.2 Å². The van der Waals surface area contributed by atoms with Gasteiger partial charge < -0.3 is 9.47 Å². The lowest BCUT2D eigenvalue weighted by Gasteiger charge is -2.16. The molecular formula is C18H20Cl2O2. The zero-order valence-corrected chi connectivity index (χ0v) is 14.3. The van der Waals surface area contributed by atoms with Gasteiger partial charge in [0, 0.05) is 6.61 Å². The SMILES string of the molecule is CCO[C@@H](CC)c1ccc(OCc2ccc(Cl)c(Cl)c2)cc1. The first-order valence-electron chi connectivity index (χ1n) is 7.42. The van der Waals surface area contributed by atoms with Crippen LogP contribution < -0.4 is 4.74 Å². The molecule has 0 N–H and O–H groups in total. The van der Waals surface area contributed by atoms with Gasteiger partial charge in [-0.15, -0.1) is 0 Å². The Morgan fingerprint density at radius 3 is 2.27 bits per heavy atom. The van der Waals surface area contributed by atoms with Crippen molar-refractivity contribution < 1.29 is 9.47 Å². The third-order valence-corrected chi connectivity index (χ3v) is 4.12. The molecule has 0 aromatic heterocycles. The highest BCUT2D eigenvalue weighted by atomic mass is 35.5. The van der Waals surface area contributed by atoms with Crippen molar-refractivity contribution in [3.8, 4) is 5.75 Å². The van der Waals surface area contributed by atoms with Crippen molar-refractivity contribution in [2.45, 2.75) is 33.0 Å². The normalized spacial score (nSPS) is 12.2. The van der Waals surface area contributed by atoms with Crippen molar-refractivity contribution in [2.24, 2.45) is 0 Å². The first kappa shape index (κ1) is 17.1. The number of ether oxygens (including phenoxy) is 2. The van der Waals surface area contributed by atoms with Gasteiger partial charge in [-0.1, -0.05) is 48.3 Å². The average Bonchev–Trinajstić information content (AvgIpc) is 2.54. The molecule has 118 valence electrons. The van der Waals surface area contributed by atoms with E-state index >= 15 is 0 Å². The van der Waals surface area contributed by atoms with Gasteiger partial charge in [0.2, 0.25) is 0 Å². The minimum Gasteiger partial charge on any atom is -0.489 e. The summed E-state index contributed by atoms with van der Waals surface area (Å²) in [5.74, 6) is 0.821. The molecule has 0 spiro atoms. The van der Waals surface area contributed by atoms with E-state index < -0.39 is 0 Å². The molecule has 0 unspecified atom stereocenters. The van der Waals surface area contributed by atoms with Gasteiger partial charge in [0.25, 0.3) is 0 Å². The molecule has 2 nitrogen and oxygen atoms in total. The summed E-state index contributed by atoms with van der Waals surface area (Å²) in [4.78, 5) is 0. The largest absolute Gasteiger partial charge is 0.489 e. The molecule has 0 aliphatic rings. The molecule has 0 fully saturated rings. The second kappa shape index (κ2) is 8.42. The van der Waals surface area contributed by atoms with E-state index in [1.807, 2.05) is 43.3 Å². The van der Waals surface area contributed by atoms with Crippen molar-refractivity contribution in [3.63, 3.8) is 0 Å². The zero-order chi connectivity index (χ0) is 15.9. The van der Waals surface area contributed by atoms with Gasteiger partial charge in [0.15, 0.2) is 0 Å². The summed E-state index contributed by atoms with van der Waals surface area (Å²) in [5, 5.41) is 1.09. The molecule has 0 amide bonds. The number of benzene rings is 2.